The van der Waals surface area contributed by atoms with Crippen molar-refractivity contribution < 1.29 is 5.11 Å². The average Bonchev–Trinajstić information content (AvgIpc) is 2.19. The minimum absolute atomic E-state index is 0.415. The molecule has 0 bridgehead atoms. The van der Waals surface area contributed by atoms with Gasteiger partial charge in [-0.3, -0.25) is 0 Å². The number of hydrogen-bond acceptors (Lipinski definition) is 1. The van der Waals surface area contributed by atoms with Gasteiger partial charge in [-0.05, 0) is 55.0 Å². The summed E-state index contributed by atoms with van der Waals surface area (Å²) in [6.45, 7) is 6.51. The highest BCUT2D eigenvalue weighted by molar-refractivity contribution is 5.41. The van der Waals surface area contributed by atoms with E-state index < -0.39 is 0 Å². The fourth-order valence-electron chi connectivity index (χ4n) is 2.07. The molecule has 0 aliphatic rings. The van der Waals surface area contributed by atoms with Gasteiger partial charge in [-0.15, -0.1) is 0 Å². The lowest BCUT2D eigenvalue weighted by Crippen LogP contribution is -1.97. The minimum atomic E-state index is 0.415. The van der Waals surface area contributed by atoms with Crippen molar-refractivity contribution in [1.29, 1.82) is 0 Å². The maximum absolute atomic E-state index is 9.59. The van der Waals surface area contributed by atoms with Gasteiger partial charge < -0.3 is 5.11 Å². The summed E-state index contributed by atoms with van der Waals surface area (Å²) in [6.07, 6.45) is 5.82. The summed E-state index contributed by atoms with van der Waals surface area (Å²) in [5.74, 6) is 0.415. The van der Waals surface area contributed by atoms with Crippen molar-refractivity contribution in [3.63, 3.8) is 0 Å². The average molecular weight is 206 g/mol. The first-order valence-electron chi connectivity index (χ1n) is 6.00. The summed E-state index contributed by atoms with van der Waals surface area (Å²) in [7, 11) is 0. The predicted molar refractivity (Wildman–Crippen MR) is 65.5 cm³/mol. The molecule has 0 amide bonds. The molecule has 0 spiro atoms. The highest BCUT2D eigenvalue weighted by atomic mass is 16.3. The first-order valence-corrected chi connectivity index (χ1v) is 6.00. The number of rotatable bonds is 5. The van der Waals surface area contributed by atoms with E-state index >= 15 is 0 Å². The fourth-order valence-corrected chi connectivity index (χ4v) is 2.07. The first kappa shape index (κ1) is 12.1. The Bertz CT molecular complexity index is 315. The summed E-state index contributed by atoms with van der Waals surface area (Å²) in [6, 6.07) is 3.81. The summed E-state index contributed by atoms with van der Waals surface area (Å²) in [5, 5.41) is 9.59. The Labute approximate surface area is 93.1 Å². The van der Waals surface area contributed by atoms with Gasteiger partial charge >= 0.3 is 0 Å². The number of hydrogen-bond donors (Lipinski definition) is 1. The molecule has 15 heavy (non-hydrogen) atoms. The summed E-state index contributed by atoms with van der Waals surface area (Å²) < 4.78 is 0. The van der Waals surface area contributed by atoms with Crippen LogP contribution in [0.1, 0.15) is 49.8 Å². The van der Waals surface area contributed by atoms with Crippen molar-refractivity contribution in [2.24, 2.45) is 0 Å². The molecule has 1 N–H and O–H groups in total. The summed E-state index contributed by atoms with van der Waals surface area (Å²) in [4.78, 5) is 0. The Morgan fingerprint density at radius 3 is 2.40 bits per heavy atom. The molecule has 84 valence electrons. The molecule has 1 aromatic rings. The van der Waals surface area contributed by atoms with Gasteiger partial charge in [0.1, 0.15) is 5.75 Å². The molecule has 0 atom stereocenters. The van der Waals surface area contributed by atoms with Crippen LogP contribution in [-0.2, 0) is 12.8 Å². The number of aromatic hydroxyl groups is 1. The van der Waals surface area contributed by atoms with Crippen LogP contribution in [0.25, 0.3) is 0 Å². The second-order valence-corrected chi connectivity index (χ2v) is 4.25. The van der Waals surface area contributed by atoms with Crippen LogP contribution in [0.5, 0.6) is 5.75 Å². The molecular weight excluding hydrogens is 184 g/mol. The largest absolute Gasteiger partial charge is 0.508 e. The van der Waals surface area contributed by atoms with Crippen LogP contribution < -0.4 is 0 Å². The third-order valence-corrected chi connectivity index (χ3v) is 2.85. The van der Waals surface area contributed by atoms with Crippen molar-refractivity contribution >= 4 is 0 Å². The van der Waals surface area contributed by atoms with Gasteiger partial charge in [0.2, 0.25) is 0 Å². The van der Waals surface area contributed by atoms with Crippen molar-refractivity contribution in [3.8, 4) is 5.75 Å². The zero-order valence-electron chi connectivity index (χ0n) is 10.1. The van der Waals surface area contributed by atoms with E-state index in [0.717, 1.165) is 12.8 Å². The quantitative estimate of drug-likeness (QED) is 0.772. The number of phenolic OH excluding ortho intramolecular Hbond substituents is 1. The molecule has 0 aromatic heterocycles. The monoisotopic (exact) mass is 206 g/mol. The molecule has 0 unspecified atom stereocenters. The zero-order valence-corrected chi connectivity index (χ0v) is 10.1. The van der Waals surface area contributed by atoms with Crippen molar-refractivity contribution in [2.45, 2.75) is 52.9 Å². The maximum atomic E-state index is 9.59. The van der Waals surface area contributed by atoms with Gasteiger partial charge in [0, 0.05) is 0 Å². The van der Waals surface area contributed by atoms with E-state index in [-0.39, 0.29) is 0 Å². The standard InChI is InChI=1S/C14H22O/c1-4-6-8-12-10-13(15)9-11(3)14(12)7-5-2/h9-10,15H,4-8H2,1-3H3. The topological polar surface area (TPSA) is 20.2 Å². The highest BCUT2D eigenvalue weighted by Gasteiger charge is 2.06. The van der Waals surface area contributed by atoms with Crippen molar-refractivity contribution in [3.05, 3.63) is 28.8 Å². The van der Waals surface area contributed by atoms with Crippen LogP contribution in [0, 0.1) is 6.92 Å². The molecule has 0 aliphatic carbocycles. The molecule has 0 saturated carbocycles. The Kier molecular flexibility index (Phi) is 4.67. The Balaban J connectivity index is 2.97. The van der Waals surface area contributed by atoms with Gasteiger partial charge in [0.15, 0.2) is 0 Å². The lowest BCUT2D eigenvalue weighted by atomic mass is 9.94. The normalized spacial score (nSPS) is 10.6. The molecule has 0 radical (unpaired) electrons. The van der Waals surface area contributed by atoms with E-state index in [4.69, 9.17) is 0 Å². The number of aryl methyl sites for hydroxylation is 2. The smallest absolute Gasteiger partial charge is 0.116 e. The number of phenols is 1. The lowest BCUT2D eigenvalue weighted by Gasteiger charge is -2.12. The molecular formula is C14H22O. The van der Waals surface area contributed by atoms with Gasteiger partial charge in [0.05, 0.1) is 0 Å². The first-order chi connectivity index (χ1) is 7.19. The third-order valence-electron chi connectivity index (χ3n) is 2.85. The van der Waals surface area contributed by atoms with Crippen LogP contribution in [0.3, 0.4) is 0 Å². The number of benzene rings is 1. The van der Waals surface area contributed by atoms with E-state index in [9.17, 15) is 5.11 Å². The van der Waals surface area contributed by atoms with Gasteiger partial charge in [-0.25, -0.2) is 0 Å². The van der Waals surface area contributed by atoms with Crippen LogP contribution in [0.2, 0.25) is 0 Å². The number of unbranched alkanes of at least 4 members (excludes halogenated alkanes) is 1. The summed E-state index contributed by atoms with van der Waals surface area (Å²) >= 11 is 0. The molecule has 1 aromatic carbocycles. The lowest BCUT2D eigenvalue weighted by molar-refractivity contribution is 0.473. The van der Waals surface area contributed by atoms with E-state index in [0.29, 0.717) is 5.75 Å². The van der Waals surface area contributed by atoms with Gasteiger partial charge in [0.25, 0.3) is 0 Å². The Hall–Kier alpha value is -0.980. The third kappa shape index (κ3) is 3.26. The Morgan fingerprint density at radius 1 is 1.07 bits per heavy atom. The van der Waals surface area contributed by atoms with Crippen LogP contribution in [0.4, 0.5) is 0 Å². The highest BCUT2D eigenvalue weighted by Crippen LogP contribution is 2.24. The predicted octanol–water partition coefficient (Wildman–Crippen LogP) is 4.00. The molecule has 0 fully saturated rings. The summed E-state index contributed by atoms with van der Waals surface area (Å²) in [5.41, 5.74) is 4.03. The second-order valence-electron chi connectivity index (χ2n) is 4.25. The van der Waals surface area contributed by atoms with Crippen molar-refractivity contribution in [2.75, 3.05) is 0 Å². The molecule has 0 heterocycles. The minimum Gasteiger partial charge on any atom is -0.508 e. The van der Waals surface area contributed by atoms with Gasteiger partial charge in [-0.2, -0.15) is 0 Å². The molecule has 1 heteroatoms. The fraction of sp³-hybridized carbons (Fsp3) is 0.571. The van der Waals surface area contributed by atoms with Crippen molar-refractivity contribution in [1.82, 2.24) is 0 Å². The molecule has 0 saturated heterocycles. The van der Waals surface area contributed by atoms with E-state index in [2.05, 4.69) is 20.8 Å². The van der Waals surface area contributed by atoms with Crippen LogP contribution >= 0.6 is 0 Å². The zero-order chi connectivity index (χ0) is 11.3. The van der Waals surface area contributed by atoms with E-state index in [1.165, 1.54) is 36.0 Å². The maximum Gasteiger partial charge on any atom is 0.116 e. The molecule has 1 rings (SSSR count). The Morgan fingerprint density at radius 2 is 1.80 bits per heavy atom. The molecule has 1 nitrogen and oxygen atoms in total. The van der Waals surface area contributed by atoms with Crippen LogP contribution in [-0.4, -0.2) is 5.11 Å². The SMILES string of the molecule is CCCCc1cc(O)cc(C)c1CCC. The van der Waals surface area contributed by atoms with E-state index in [1.807, 2.05) is 12.1 Å². The molecule has 0 aliphatic heterocycles. The van der Waals surface area contributed by atoms with E-state index in [1.54, 1.807) is 0 Å². The van der Waals surface area contributed by atoms with Crippen LogP contribution in [0.15, 0.2) is 12.1 Å². The second kappa shape index (κ2) is 5.79. The van der Waals surface area contributed by atoms with Gasteiger partial charge in [-0.1, -0.05) is 26.7 Å².